The largest absolute Gasteiger partial charge is 0.378 e. The maximum atomic E-state index is 12.2. The van der Waals surface area contributed by atoms with Crippen molar-refractivity contribution in [2.45, 2.75) is 38.1 Å². The highest BCUT2D eigenvalue weighted by Gasteiger charge is 2.26. The standard InChI is InChI=1S/C13H24N2O2/c1-15(9-11-5-3-2-4-6-11)13(16)12-10-17-8-7-14-12/h11-12,14H,2-10H2,1H3. The molecule has 1 unspecified atom stereocenters. The van der Waals surface area contributed by atoms with Crippen LogP contribution in [-0.2, 0) is 9.53 Å². The second-order valence-corrected chi connectivity index (χ2v) is 5.30. The molecule has 0 spiro atoms. The monoisotopic (exact) mass is 240 g/mol. The normalized spacial score (nSPS) is 26.8. The summed E-state index contributed by atoms with van der Waals surface area (Å²) < 4.78 is 5.33. The number of carbonyl (C=O) groups excluding carboxylic acids is 1. The van der Waals surface area contributed by atoms with Gasteiger partial charge in [0.2, 0.25) is 5.91 Å². The first kappa shape index (κ1) is 12.8. The highest BCUT2D eigenvalue weighted by molar-refractivity contribution is 5.81. The van der Waals surface area contributed by atoms with Crippen LogP contribution in [0.1, 0.15) is 32.1 Å². The molecule has 0 aromatic heterocycles. The molecule has 0 bridgehead atoms. The number of likely N-dealkylation sites (N-methyl/N-ethyl adjacent to an activating group) is 1. The summed E-state index contributed by atoms with van der Waals surface area (Å²) in [4.78, 5) is 14.0. The number of hydrogen-bond donors (Lipinski definition) is 1. The van der Waals surface area contributed by atoms with Gasteiger partial charge >= 0.3 is 0 Å². The maximum Gasteiger partial charge on any atom is 0.241 e. The van der Waals surface area contributed by atoms with Crippen LogP contribution in [0.25, 0.3) is 0 Å². The quantitative estimate of drug-likeness (QED) is 0.800. The zero-order valence-electron chi connectivity index (χ0n) is 10.8. The summed E-state index contributed by atoms with van der Waals surface area (Å²) in [6.45, 7) is 2.94. The second-order valence-electron chi connectivity index (χ2n) is 5.30. The minimum atomic E-state index is -0.127. The number of nitrogens with zero attached hydrogens (tertiary/aromatic N) is 1. The van der Waals surface area contributed by atoms with Crippen molar-refractivity contribution in [2.75, 3.05) is 33.4 Å². The van der Waals surface area contributed by atoms with E-state index in [9.17, 15) is 4.79 Å². The zero-order chi connectivity index (χ0) is 12.1. The summed E-state index contributed by atoms with van der Waals surface area (Å²) in [6, 6.07) is -0.127. The van der Waals surface area contributed by atoms with Gasteiger partial charge in [0.25, 0.3) is 0 Å². The minimum absolute atomic E-state index is 0.127. The van der Waals surface area contributed by atoms with Crippen LogP contribution in [0.15, 0.2) is 0 Å². The van der Waals surface area contributed by atoms with Crippen molar-refractivity contribution in [1.29, 1.82) is 0 Å². The summed E-state index contributed by atoms with van der Waals surface area (Å²) >= 11 is 0. The molecule has 2 rings (SSSR count). The van der Waals surface area contributed by atoms with Crippen LogP contribution in [0.2, 0.25) is 0 Å². The average Bonchev–Trinajstić information content (AvgIpc) is 2.40. The molecule has 1 saturated heterocycles. The first-order chi connectivity index (χ1) is 8.27. The Morgan fingerprint density at radius 1 is 1.35 bits per heavy atom. The third kappa shape index (κ3) is 3.68. The molecule has 98 valence electrons. The van der Waals surface area contributed by atoms with E-state index in [0.29, 0.717) is 12.5 Å². The van der Waals surface area contributed by atoms with Gasteiger partial charge in [0, 0.05) is 20.1 Å². The number of nitrogens with one attached hydrogen (secondary N) is 1. The van der Waals surface area contributed by atoms with Gasteiger partial charge in [0.15, 0.2) is 0 Å². The molecule has 2 aliphatic rings. The first-order valence-electron chi connectivity index (χ1n) is 6.83. The lowest BCUT2D eigenvalue weighted by molar-refractivity contribution is -0.135. The van der Waals surface area contributed by atoms with Crippen molar-refractivity contribution in [3.63, 3.8) is 0 Å². The molecule has 1 N–H and O–H groups in total. The van der Waals surface area contributed by atoms with Crippen LogP contribution in [0.5, 0.6) is 0 Å². The van der Waals surface area contributed by atoms with Gasteiger partial charge in [-0.2, -0.15) is 0 Å². The summed E-state index contributed by atoms with van der Waals surface area (Å²) in [6.07, 6.45) is 6.60. The predicted octanol–water partition coefficient (Wildman–Crippen LogP) is 1.01. The van der Waals surface area contributed by atoms with Gasteiger partial charge in [-0.3, -0.25) is 4.79 Å². The first-order valence-corrected chi connectivity index (χ1v) is 6.83. The summed E-state index contributed by atoms with van der Waals surface area (Å²) in [5.41, 5.74) is 0. The van der Waals surface area contributed by atoms with Crippen LogP contribution in [0, 0.1) is 5.92 Å². The lowest BCUT2D eigenvalue weighted by atomic mass is 9.89. The molecule has 0 radical (unpaired) electrons. The third-order valence-corrected chi connectivity index (χ3v) is 3.85. The van der Waals surface area contributed by atoms with Crippen molar-refractivity contribution < 1.29 is 9.53 Å². The van der Waals surface area contributed by atoms with Crippen molar-refractivity contribution in [1.82, 2.24) is 10.2 Å². The van der Waals surface area contributed by atoms with Gasteiger partial charge < -0.3 is 15.0 Å². The Kier molecular flexibility index (Phi) is 4.80. The molecule has 1 saturated carbocycles. The number of amides is 1. The number of rotatable bonds is 3. The van der Waals surface area contributed by atoms with Gasteiger partial charge in [0.05, 0.1) is 13.2 Å². The maximum absolute atomic E-state index is 12.2. The van der Waals surface area contributed by atoms with Gasteiger partial charge in [-0.1, -0.05) is 19.3 Å². The summed E-state index contributed by atoms with van der Waals surface area (Å²) in [7, 11) is 1.92. The van der Waals surface area contributed by atoms with Crippen LogP contribution in [0.4, 0.5) is 0 Å². The Balaban J connectivity index is 1.77. The van der Waals surface area contributed by atoms with Crippen molar-refractivity contribution in [2.24, 2.45) is 5.92 Å². The van der Waals surface area contributed by atoms with E-state index in [1.54, 1.807) is 0 Å². The Morgan fingerprint density at radius 3 is 2.76 bits per heavy atom. The molecule has 0 aromatic rings. The fraction of sp³-hybridized carbons (Fsp3) is 0.923. The van der Waals surface area contributed by atoms with E-state index in [0.717, 1.165) is 19.7 Å². The molecular formula is C13H24N2O2. The third-order valence-electron chi connectivity index (χ3n) is 3.85. The van der Waals surface area contributed by atoms with E-state index in [4.69, 9.17) is 4.74 Å². The van der Waals surface area contributed by atoms with Crippen molar-refractivity contribution in [3.05, 3.63) is 0 Å². The molecule has 1 aliphatic carbocycles. The summed E-state index contributed by atoms with van der Waals surface area (Å²) in [5, 5.41) is 3.22. The Labute approximate surface area is 104 Å². The van der Waals surface area contributed by atoms with Gasteiger partial charge in [-0.05, 0) is 18.8 Å². The molecule has 1 heterocycles. The van der Waals surface area contributed by atoms with Crippen LogP contribution < -0.4 is 5.32 Å². The number of carbonyl (C=O) groups is 1. The lowest BCUT2D eigenvalue weighted by Crippen LogP contribution is -2.52. The van der Waals surface area contributed by atoms with Crippen molar-refractivity contribution >= 4 is 5.91 Å². The molecule has 1 atom stereocenters. The van der Waals surface area contributed by atoms with Gasteiger partial charge in [0.1, 0.15) is 6.04 Å². The summed E-state index contributed by atoms with van der Waals surface area (Å²) in [5.74, 6) is 0.900. The zero-order valence-corrected chi connectivity index (χ0v) is 10.8. The predicted molar refractivity (Wildman–Crippen MR) is 66.8 cm³/mol. The Morgan fingerprint density at radius 2 is 2.12 bits per heavy atom. The number of hydrogen-bond acceptors (Lipinski definition) is 3. The van der Waals surface area contributed by atoms with E-state index in [2.05, 4.69) is 5.32 Å². The topological polar surface area (TPSA) is 41.6 Å². The fourth-order valence-corrected chi connectivity index (χ4v) is 2.84. The average molecular weight is 240 g/mol. The smallest absolute Gasteiger partial charge is 0.241 e. The highest BCUT2D eigenvalue weighted by Crippen LogP contribution is 2.24. The fourth-order valence-electron chi connectivity index (χ4n) is 2.84. The Hall–Kier alpha value is -0.610. The second kappa shape index (κ2) is 6.36. The number of morpholine rings is 1. The van der Waals surface area contributed by atoms with Crippen LogP contribution >= 0.6 is 0 Å². The molecule has 1 amide bonds. The molecule has 2 fully saturated rings. The van der Waals surface area contributed by atoms with E-state index in [-0.39, 0.29) is 11.9 Å². The minimum Gasteiger partial charge on any atom is -0.378 e. The van der Waals surface area contributed by atoms with E-state index < -0.39 is 0 Å². The van der Waals surface area contributed by atoms with Gasteiger partial charge in [-0.25, -0.2) is 0 Å². The molecule has 17 heavy (non-hydrogen) atoms. The molecule has 1 aliphatic heterocycles. The van der Waals surface area contributed by atoms with Crippen molar-refractivity contribution in [3.8, 4) is 0 Å². The molecule has 4 heteroatoms. The molecular weight excluding hydrogens is 216 g/mol. The Bertz CT molecular complexity index is 246. The van der Waals surface area contributed by atoms with Gasteiger partial charge in [-0.15, -0.1) is 0 Å². The highest BCUT2D eigenvalue weighted by atomic mass is 16.5. The van der Waals surface area contributed by atoms with E-state index >= 15 is 0 Å². The van der Waals surface area contributed by atoms with Crippen LogP contribution in [-0.4, -0.2) is 50.2 Å². The lowest BCUT2D eigenvalue weighted by Gasteiger charge is -2.31. The SMILES string of the molecule is CN(CC1CCCCC1)C(=O)C1COCCN1. The van der Waals surface area contributed by atoms with Crippen LogP contribution in [0.3, 0.4) is 0 Å². The molecule has 0 aromatic carbocycles. The van der Waals surface area contributed by atoms with E-state index in [1.165, 1.54) is 32.1 Å². The number of ether oxygens (including phenoxy) is 1. The molecule has 4 nitrogen and oxygen atoms in total. The van der Waals surface area contributed by atoms with E-state index in [1.807, 2.05) is 11.9 Å².